The molecule has 0 saturated heterocycles. The van der Waals surface area contributed by atoms with E-state index in [9.17, 15) is 4.79 Å². The molecule has 0 aliphatic heterocycles. The van der Waals surface area contributed by atoms with Gasteiger partial charge in [-0.1, -0.05) is 0 Å². The van der Waals surface area contributed by atoms with Gasteiger partial charge in [-0.15, -0.1) is 0 Å². The van der Waals surface area contributed by atoms with Gasteiger partial charge in [-0.2, -0.15) is 5.10 Å². The Balaban J connectivity index is 1.72. The number of aromatic nitrogens is 4. The molecular weight excluding hydrogens is 280 g/mol. The van der Waals surface area contributed by atoms with Crippen LogP contribution in [0, 0.1) is 6.92 Å². The maximum absolute atomic E-state index is 12.0. The Bertz CT molecular complexity index is 630. The fraction of sp³-hybridized carbons (Fsp3) is 0.533. The largest absolute Gasteiger partial charge is 0.338 e. The van der Waals surface area contributed by atoms with Crippen LogP contribution in [0.4, 0.5) is 5.69 Å². The van der Waals surface area contributed by atoms with E-state index in [0.717, 1.165) is 36.6 Å². The van der Waals surface area contributed by atoms with Crippen molar-refractivity contribution in [3.63, 3.8) is 0 Å². The molecule has 0 unspecified atom stereocenters. The molecule has 7 heteroatoms. The van der Waals surface area contributed by atoms with Crippen LogP contribution in [0.15, 0.2) is 18.6 Å². The molecule has 2 aromatic heterocycles. The van der Waals surface area contributed by atoms with Crippen molar-refractivity contribution in [2.75, 3.05) is 25.5 Å². The van der Waals surface area contributed by atoms with Gasteiger partial charge < -0.3 is 9.88 Å². The summed E-state index contributed by atoms with van der Waals surface area (Å²) in [4.78, 5) is 18.3. The van der Waals surface area contributed by atoms with Crippen molar-refractivity contribution in [3.8, 4) is 0 Å². The number of aryl methyl sites for hydroxylation is 3. The minimum absolute atomic E-state index is 0.0180. The fourth-order valence-electron chi connectivity index (χ4n) is 2.28. The molecule has 1 N–H and O–H groups in total. The lowest BCUT2D eigenvalue weighted by atomic mass is 10.3. The molecule has 0 saturated carbocycles. The van der Waals surface area contributed by atoms with Crippen molar-refractivity contribution in [1.82, 2.24) is 24.2 Å². The Kier molecular flexibility index (Phi) is 5.32. The van der Waals surface area contributed by atoms with Crippen LogP contribution in [0.5, 0.6) is 0 Å². The number of anilines is 1. The molecule has 0 atom stereocenters. The molecular formula is C15H24N6O. The first-order chi connectivity index (χ1) is 10.5. The second-order valence-corrected chi connectivity index (χ2v) is 5.61. The lowest BCUT2D eigenvalue weighted by molar-refractivity contribution is -0.117. The summed E-state index contributed by atoms with van der Waals surface area (Å²) in [5, 5.41) is 7.01. The van der Waals surface area contributed by atoms with Crippen LogP contribution in [0.25, 0.3) is 0 Å². The summed E-state index contributed by atoms with van der Waals surface area (Å²) in [7, 11) is 5.80. The first-order valence-electron chi connectivity index (χ1n) is 7.40. The molecule has 2 rings (SSSR count). The maximum atomic E-state index is 12.0. The number of carbonyl (C=O) groups is 1. The highest BCUT2D eigenvalue weighted by Gasteiger charge is 2.10. The number of carbonyl (C=O) groups excluding carboxylic acids is 1. The monoisotopic (exact) mass is 304 g/mol. The average Bonchev–Trinajstić information content (AvgIpc) is 3.00. The number of imidazole rings is 1. The van der Waals surface area contributed by atoms with E-state index in [4.69, 9.17) is 0 Å². The molecule has 1 amide bonds. The first kappa shape index (κ1) is 16.2. The number of hydrogen-bond donors (Lipinski definition) is 1. The molecule has 0 aliphatic rings. The van der Waals surface area contributed by atoms with Crippen molar-refractivity contribution in [3.05, 3.63) is 30.1 Å². The van der Waals surface area contributed by atoms with Gasteiger partial charge in [0.15, 0.2) is 0 Å². The van der Waals surface area contributed by atoms with Crippen molar-refractivity contribution < 1.29 is 4.79 Å². The third-order valence-corrected chi connectivity index (χ3v) is 3.78. The fourth-order valence-corrected chi connectivity index (χ4v) is 2.28. The zero-order valence-electron chi connectivity index (χ0n) is 13.7. The second kappa shape index (κ2) is 7.22. The van der Waals surface area contributed by atoms with E-state index < -0.39 is 0 Å². The van der Waals surface area contributed by atoms with Crippen LogP contribution >= 0.6 is 0 Å². The van der Waals surface area contributed by atoms with Crippen LogP contribution in [0.2, 0.25) is 0 Å². The smallest absolute Gasteiger partial charge is 0.238 e. The van der Waals surface area contributed by atoms with E-state index >= 15 is 0 Å². The van der Waals surface area contributed by atoms with Crippen LogP contribution < -0.4 is 5.32 Å². The Morgan fingerprint density at radius 2 is 2.18 bits per heavy atom. The highest BCUT2D eigenvalue weighted by molar-refractivity contribution is 5.92. The van der Waals surface area contributed by atoms with Gasteiger partial charge in [0.1, 0.15) is 5.82 Å². The number of likely N-dealkylation sites (N-methyl/N-ethyl adjacent to an activating group) is 1. The number of hydrogen-bond acceptors (Lipinski definition) is 4. The summed E-state index contributed by atoms with van der Waals surface area (Å²) in [5.74, 6) is 1.06. The molecule has 0 fully saturated rings. The van der Waals surface area contributed by atoms with Gasteiger partial charge in [0.2, 0.25) is 5.91 Å². The molecule has 2 heterocycles. The summed E-state index contributed by atoms with van der Waals surface area (Å²) in [5.41, 5.74) is 1.72. The SMILES string of the molecule is Cc1c(NC(=O)CN(C)CCCc2nccn2C)cnn1C. The number of nitrogens with zero attached hydrogens (tertiary/aromatic N) is 5. The third kappa shape index (κ3) is 4.17. The Morgan fingerprint density at radius 3 is 2.77 bits per heavy atom. The molecule has 0 aliphatic carbocycles. The quantitative estimate of drug-likeness (QED) is 0.827. The summed E-state index contributed by atoms with van der Waals surface area (Å²) in [6, 6.07) is 0. The van der Waals surface area contributed by atoms with Crippen molar-refractivity contribution in [1.29, 1.82) is 0 Å². The Morgan fingerprint density at radius 1 is 1.41 bits per heavy atom. The van der Waals surface area contributed by atoms with Crippen LogP contribution in [-0.2, 0) is 25.3 Å². The van der Waals surface area contributed by atoms with E-state index in [1.807, 2.05) is 49.9 Å². The van der Waals surface area contributed by atoms with Gasteiger partial charge in [0.05, 0.1) is 24.1 Å². The van der Waals surface area contributed by atoms with Gasteiger partial charge in [0.25, 0.3) is 0 Å². The van der Waals surface area contributed by atoms with Crippen molar-refractivity contribution in [2.24, 2.45) is 14.1 Å². The van der Waals surface area contributed by atoms with Gasteiger partial charge in [-0.3, -0.25) is 14.4 Å². The highest BCUT2D eigenvalue weighted by Crippen LogP contribution is 2.11. The molecule has 7 nitrogen and oxygen atoms in total. The molecule has 2 aromatic rings. The van der Waals surface area contributed by atoms with Crippen LogP contribution in [-0.4, -0.2) is 50.3 Å². The minimum Gasteiger partial charge on any atom is -0.338 e. The van der Waals surface area contributed by atoms with Gasteiger partial charge in [-0.05, 0) is 26.9 Å². The zero-order chi connectivity index (χ0) is 16.1. The summed E-state index contributed by atoms with van der Waals surface area (Å²) >= 11 is 0. The Hall–Kier alpha value is -2.15. The number of nitrogens with one attached hydrogen (secondary N) is 1. The third-order valence-electron chi connectivity index (χ3n) is 3.78. The van der Waals surface area contributed by atoms with E-state index in [1.54, 1.807) is 10.9 Å². The zero-order valence-corrected chi connectivity index (χ0v) is 13.7. The predicted molar refractivity (Wildman–Crippen MR) is 85.6 cm³/mol. The number of amides is 1. The normalized spacial score (nSPS) is 11.1. The summed E-state index contributed by atoms with van der Waals surface area (Å²) < 4.78 is 3.77. The van der Waals surface area contributed by atoms with Crippen molar-refractivity contribution in [2.45, 2.75) is 19.8 Å². The van der Waals surface area contributed by atoms with E-state index in [-0.39, 0.29) is 5.91 Å². The van der Waals surface area contributed by atoms with E-state index in [1.165, 1.54) is 0 Å². The molecule has 0 aromatic carbocycles. The molecule has 0 bridgehead atoms. The molecule has 22 heavy (non-hydrogen) atoms. The second-order valence-electron chi connectivity index (χ2n) is 5.61. The standard InChI is InChI=1S/C15H24N6O/c1-12-13(10-17-21(12)4)18-15(22)11-19(2)8-5-6-14-16-7-9-20(14)3/h7,9-10H,5-6,8,11H2,1-4H3,(H,18,22). The Labute approximate surface area is 130 Å². The average molecular weight is 304 g/mol. The van der Waals surface area contributed by atoms with E-state index in [0.29, 0.717) is 6.54 Å². The lowest BCUT2D eigenvalue weighted by Crippen LogP contribution is -2.31. The predicted octanol–water partition coefficient (Wildman–Crippen LogP) is 0.965. The van der Waals surface area contributed by atoms with E-state index in [2.05, 4.69) is 15.4 Å². The van der Waals surface area contributed by atoms with Gasteiger partial charge >= 0.3 is 0 Å². The molecule has 0 spiro atoms. The highest BCUT2D eigenvalue weighted by atomic mass is 16.2. The van der Waals surface area contributed by atoms with Crippen LogP contribution in [0.3, 0.4) is 0 Å². The molecule has 0 radical (unpaired) electrons. The van der Waals surface area contributed by atoms with Crippen LogP contribution in [0.1, 0.15) is 17.9 Å². The van der Waals surface area contributed by atoms with Gasteiger partial charge in [0, 0.05) is 32.9 Å². The van der Waals surface area contributed by atoms with Crippen molar-refractivity contribution >= 4 is 11.6 Å². The lowest BCUT2D eigenvalue weighted by Gasteiger charge is -2.16. The number of rotatable bonds is 7. The maximum Gasteiger partial charge on any atom is 0.238 e. The summed E-state index contributed by atoms with van der Waals surface area (Å²) in [6.45, 7) is 3.15. The minimum atomic E-state index is -0.0180. The van der Waals surface area contributed by atoms with Gasteiger partial charge in [-0.25, -0.2) is 4.98 Å². The topological polar surface area (TPSA) is 68.0 Å². The summed E-state index contributed by atoms with van der Waals surface area (Å²) in [6.07, 6.45) is 7.32. The molecule has 120 valence electrons. The first-order valence-corrected chi connectivity index (χ1v) is 7.40.